The second-order valence-corrected chi connectivity index (χ2v) is 12.1. The Morgan fingerprint density at radius 2 is 1.90 bits per heavy atom. The highest BCUT2D eigenvalue weighted by Crippen LogP contribution is 2.35. The third-order valence-corrected chi connectivity index (χ3v) is 5.26. The summed E-state index contributed by atoms with van der Waals surface area (Å²) < 4.78 is 37.5. The lowest BCUT2D eigenvalue weighted by Crippen LogP contribution is -2.22. The van der Waals surface area contributed by atoms with Crippen molar-refractivity contribution >= 4 is 8.07 Å². The zero-order valence-electron chi connectivity index (χ0n) is 12.3. The van der Waals surface area contributed by atoms with E-state index in [2.05, 4.69) is 19.6 Å². The number of aryl methyl sites for hydroxylation is 1. The van der Waals surface area contributed by atoms with Gasteiger partial charge in [0, 0.05) is 14.7 Å². The van der Waals surface area contributed by atoms with Gasteiger partial charge in [0.2, 0.25) is 0 Å². The van der Waals surface area contributed by atoms with Crippen molar-refractivity contribution in [2.45, 2.75) is 44.6 Å². The summed E-state index contributed by atoms with van der Waals surface area (Å²) in [5, 5.41) is 0. The first kappa shape index (κ1) is 15.6. The summed E-state index contributed by atoms with van der Waals surface area (Å²) in [5.74, 6) is -1.59. The Kier molecular flexibility index (Phi) is 4.94. The maximum Gasteiger partial charge on any atom is 0.159 e. The van der Waals surface area contributed by atoms with E-state index in [0.29, 0.717) is 6.61 Å². The molecule has 1 aliphatic carbocycles. The fourth-order valence-electron chi connectivity index (χ4n) is 2.30. The van der Waals surface area contributed by atoms with Gasteiger partial charge in [-0.2, -0.15) is 0 Å². The molecule has 0 heterocycles. The van der Waals surface area contributed by atoms with Gasteiger partial charge in [-0.3, -0.25) is 0 Å². The van der Waals surface area contributed by atoms with E-state index >= 15 is 0 Å². The smallest absolute Gasteiger partial charge is 0.159 e. The van der Waals surface area contributed by atoms with Gasteiger partial charge in [0.15, 0.2) is 11.6 Å². The van der Waals surface area contributed by atoms with E-state index in [1.165, 1.54) is 12.1 Å². The molecule has 0 saturated heterocycles. The molecule has 20 heavy (non-hydrogen) atoms. The van der Waals surface area contributed by atoms with Gasteiger partial charge in [-0.05, 0) is 42.1 Å². The zero-order valence-corrected chi connectivity index (χ0v) is 13.3. The quantitative estimate of drug-likeness (QED) is 0.443. The van der Waals surface area contributed by atoms with Crippen LogP contribution in [0, 0.1) is 11.6 Å². The summed E-state index contributed by atoms with van der Waals surface area (Å²) in [6.45, 7) is 7.80. The van der Waals surface area contributed by atoms with Gasteiger partial charge in [0.1, 0.15) is 6.79 Å². The summed E-state index contributed by atoms with van der Waals surface area (Å²) in [4.78, 5) is 0. The van der Waals surface area contributed by atoms with Gasteiger partial charge in [0.05, 0.1) is 6.10 Å². The molecule has 0 bridgehead atoms. The normalized spacial score (nSPS) is 18.4. The number of fused-ring (bicyclic) bond motifs is 1. The maximum absolute atomic E-state index is 13.3. The van der Waals surface area contributed by atoms with Crippen molar-refractivity contribution in [2.24, 2.45) is 0 Å². The molecular formula is C15H22F2O2Si. The van der Waals surface area contributed by atoms with Crippen molar-refractivity contribution in [3.63, 3.8) is 0 Å². The summed E-state index contributed by atoms with van der Waals surface area (Å²) in [7, 11) is -1.08. The first-order valence-corrected chi connectivity index (χ1v) is 10.7. The van der Waals surface area contributed by atoms with Crippen molar-refractivity contribution in [2.75, 3.05) is 13.4 Å². The van der Waals surface area contributed by atoms with Gasteiger partial charge < -0.3 is 9.47 Å². The molecule has 0 saturated carbocycles. The van der Waals surface area contributed by atoms with Crippen LogP contribution in [0.15, 0.2) is 12.1 Å². The van der Waals surface area contributed by atoms with Gasteiger partial charge in [-0.15, -0.1) is 0 Å². The van der Waals surface area contributed by atoms with Gasteiger partial charge in [-0.25, -0.2) is 8.78 Å². The lowest BCUT2D eigenvalue weighted by molar-refractivity contribution is -0.0870. The average Bonchev–Trinajstić information content (AvgIpc) is 2.71. The molecule has 0 aromatic heterocycles. The van der Waals surface area contributed by atoms with Gasteiger partial charge in [0.25, 0.3) is 0 Å². The number of benzene rings is 1. The van der Waals surface area contributed by atoms with E-state index in [4.69, 9.17) is 9.47 Å². The third-order valence-electron chi connectivity index (χ3n) is 3.55. The molecule has 0 radical (unpaired) electrons. The SMILES string of the molecule is C[Si](C)(C)CCOCOC1CCc2cc(F)c(F)cc21. The van der Waals surface area contributed by atoms with Crippen LogP contribution in [0.2, 0.25) is 25.7 Å². The Morgan fingerprint density at radius 3 is 2.60 bits per heavy atom. The zero-order chi connectivity index (χ0) is 14.8. The van der Waals surface area contributed by atoms with Crippen LogP contribution in [0.1, 0.15) is 23.7 Å². The molecule has 1 aliphatic rings. The minimum absolute atomic E-state index is 0.174. The Labute approximate surface area is 120 Å². The van der Waals surface area contributed by atoms with Crippen LogP contribution in [-0.4, -0.2) is 21.5 Å². The molecule has 0 N–H and O–H groups in total. The van der Waals surface area contributed by atoms with Crippen molar-refractivity contribution in [1.29, 1.82) is 0 Å². The molecule has 1 aromatic rings. The summed E-state index contributed by atoms with van der Waals surface area (Å²) in [6.07, 6.45) is 1.31. The molecule has 0 amide bonds. The van der Waals surface area contributed by atoms with Gasteiger partial charge >= 0.3 is 0 Å². The highest BCUT2D eigenvalue weighted by Gasteiger charge is 2.25. The Bertz CT molecular complexity index is 472. The largest absolute Gasteiger partial charge is 0.356 e. The predicted molar refractivity (Wildman–Crippen MR) is 77.5 cm³/mol. The van der Waals surface area contributed by atoms with Crippen molar-refractivity contribution in [3.05, 3.63) is 34.9 Å². The summed E-state index contributed by atoms with van der Waals surface area (Å²) in [6, 6.07) is 3.63. The molecule has 1 unspecified atom stereocenters. The van der Waals surface area contributed by atoms with Crippen molar-refractivity contribution in [3.8, 4) is 0 Å². The van der Waals surface area contributed by atoms with E-state index in [9.17, 15) is 8.78 Å². The first-order chi connectivity index (χ1) is 9.37. The Hall–Kier alpha value is -0.783. The highest BCUT2D eigenvalue weighted by molar-refractivity contribution is 6.76. The van der Waals surface area contributed by atoms with Crippen molar-refractivity contribution < 1.29 is 18.3 Å². The fourth-order valence-corrected chi connectivity index (χ4v) is 3.06. The van der Waals surface area contributed by atoms with E-state index in [1.54, 1.807) is 0 Å². The second kappa shape index (κ2) is 6.33. The molecule has 2 nitrogen and oxygen atoms in total. The first-order valence-electron chi connectivity index (χ1n) is 7.04. The number of hydrogen-bond donors (Lipinski definition) is 0. The fraction of sp³-hybridized carbons (Fsp3) is 0.600. The standard InChI is InChI=1S/C15H22F2O2Si/c1-20(2,3)7-6-18-10-19-15-5-4-11-8-13(16)14(17)9-12(11)15/h8-9,15H,4-7,10H2,1-3H3. The molecule has 0 spiro atoms. The van der Waals surface area contributed by atoms with Crippen molar-refractivity contribution in [1.82, 2.24) is 0 Å². The lowest BCUT2D eigenvalue weighted by atomic mass is 10.1. The molecule has 2 rings (SSSR count). The van der Waals surface area contributed by atoms with Crippen LogP contribution in [0.3, 0.4) is 0 Å². The van der Waals surface area contributed by atoms with Crippen LogP contribution in [0.5, 0.6) is 0 Å². The number of rotatable bonds is 6. The highest BCUT2D eigenvalue weighted by atomic mass is 28.3. The maximum atomic E-state index is 13.3. The third kappa shape index (κ3) is 4.10. The number of hydrogen-bond acceptors (Lipinski definition) is 2. The van der Waals surface area contributed by atoms with E-state index < -0.39 is 19.7 Å². The van der Waals surface area contributed by atoms with Crippen LogP contribution < -0.4 is 0 Å². The van der Waals surface area contributed by atoms with Crippen LogP contribution in [0.25, 0.3) is 0 Å². The van der Waals surface area contributed by atoms with Gasteiger partial charge in [-0.1, -0.05) is 19.6 Å². The molecule has 112 valence electrons. The molecule has 1 atom stereocenters. The lowest BCUT2D eigenvalue weighted by Gasteiger charge is -2.17. The van der Waals surface area contributed by atoms with Crippen LogP contribution >= 0.6 is 0 Å². The number of halogens is 2. The van der Waals surface area contributed by atoms with E-state index in [-0.39, 0.29) is 12.9 Å². The summed E-state index contributed by atoms with van der Waals surface area (Å²) >= 11 is 0. The van der Waals surface area contributed by atoms with Crippen LogP contribution in [0.4, 0.5) is 8.78 Å². The molecule has 0 aliphatic heterocycles. The molecule has 5 heteroatoms. The molecular weight excluding hydrogens is 278 g/mol. The Balaban J connectivity index is 1.81. The molecule has 1 aromatic carbocycles. The topological polar surface area (TPSA) is 18.5 Å². The van der Waals surface area contributed by atoms with E-state index in [1.807, 2.05) is 0 Å². The number of ether oxygens (including phenoxy) is 2. The summed E-state index contributed by atoms with van der Waals surface area (Å²) in [5.41, 5.74) is 1.61. The van der Waals surface area contributed by atoms with E-state index in [0.717, 1.165) is 30.0 Å². The monoisotopic (exact) mass is 300 g/mol. The minimum atomic E-state index is -1.08. The Morgan fingerprint density at radius 1 is 1.20 bits per heavy atom. The average molecular weight is 300 g/mol. The predicted octanol–water partition coefficient (Wildman–Crippen LogP) is 4.28. The van der Waals surface area contributed by atoms with Crippen LogP contribution in [-0.2, 0) is 15.9 Å². The second-order valence-electron chi connectivity index (χ2n) is 6.50. The minimum Gasteiger partial charge on any atom is -0.356 e. The molecule has 0 fully saturated rings.